The van der Waals surface area contributed by atoms with Crippen molar-refractivity contribution in [2.24, 2.45) is 0 Å². The SMILES string of the molecule is CN1C(=O)Cc2cc(N(C)c3ncc(Br)c(Nc4ccccc4P(C)(C)=O)n3)ccc21. The van der Waals surface area contributed by atoms with Gasteiger partial charge in [0.2, 0.25) is 11.9 Å². The summed E-state index contributed by atoms with van der Waals surface area (Å²) in [5.74, 6) is 1.16. The number of para-hydroxylation sites is 1. The molecule has 0 radical (unpaired) electrons. The topological polar surface area (TPSA) is 78.4 Å². The fraction of sp³-hybridized carbons (Fsp3) is 0.227. The fourth-order valence-corrected chi connectivity index (χ4v) is 5.01. The first kappa shape index (κ1) is 21.5. The highest BCUT2D eigenvalue weighted by atomic mass is 79.9. The van der Waals surface area contributed by atoms with Crippen LogP contribution in [0.25, 0.3) is 0 Å². The maximum absolute atomic E-state index is 12.7. The summed E-state index contributed by atoms with van der Waals surface area (Å²) in [7, 11) is 1.20. The second-order valence-corrected chi connectivity index (χ2v) is 11.9. The van der Waals surface area contributed by atoms with Gasteiger partial charge in [0.25, 0.3) is 0 Å². The third-order valence-electron chi connectivity index (χ3n) is 5.30. The summed E-state index contributed by atoms with van der Waals surface area (Å²) in [6.45, 7) is 3.50. The van der Waals surface area contributed by atoms with E-state index in [2.05, 4.69) is 31.2 Å². The van der Waals surface area contributed by atoms with Crippen LogP contribution in [0, 0.1) is 0 Å². The summed E-state index contributed by atoms with van der Waals surface area (Å²) in [6.07, 6.45) is 2.08. The van der Waals surface area contributed by atoms with E-state index in [1.165, 1.54) is 0 Å². The molecule has 0 spiro atoms. The first-order valence-corrected chi connectivity index (χ1v) is 13.1. The zero-order chi connectivity index (χ0) is 22.3. The van der Waals surface area contributed by atoms with E-state index in [1.807, 2.05) is 54.4 Å². The summed E-state index contributed by atoms with van der Waals surface area (Å²) in [5.41, 5.74) is 3.56. The summed E-state index contributed by atoms with van der Waals surface area (Å²) < 4.78 is 13.4. The molecule has 31 heavy (non-hydrogen) atoms. The lowest BCUT2D eigenvalue weighted by Gasteiger charge is -2.20. The lowest BCUT2D eigenvalue weighted by Crippen LogP contribution is -2.20. The molecule has 4 rings (SSSR count). The van der Waals surface area contributed by atoms with E-state index in [-0.39, 0.29) is 5.91 Å². The number of aromatic nitrogens is 2. The van der Waals surface area contributed by atoms with Crippen LogP contribution in [-0.4, -0.2) is 43.3 Å². The third kappa shape index (κ3) is 4.23. The molecule has 0 fully saturated rings. The number of hydrogen-bond donors (Lipinski definition) is 1. The number of halogens is 1. The zero-order valence-corrected chi connectivity index (χ0v) is 20.2. The van der Waals surface area contributed by atoms with E-state index in [0.29, 0.717) is 22.7 Å². The number of likely N-dealkylation sites (N-methyl/N-ethyl adjacent to an activating group) is 1. The Kier molecular flexibility index (Phi) is 5.62. The Labute approximate surface area is 190 Å². The van der Waals surface area contributed by atoms with Gasteiger partial charge in [0.15, 0.2) is 0 Å². The molecule has 1 N–H and O–H groups in total. The number of benzene rings is 2. The predicted molar refractivity (Wildman–Crippen MR) is 130 cm³/mol. The Balaban J connectivity index is 1.66. The van der Waals surface area contributed by atoms with Gasteiger partial charge in [-0.25, -0.2) is 4.98 Å². The van der Waals surface area contributed by atoms with Gasteiger partial charge in [-0.15, -0.1) is 0 Å². The van der Waals surface area contributed by atoms with Crippen LogP contribution in [0.2, 0.25) is 0 Å². The number of hydrogen-bond acceptors (Lipinski definition) is 6. The number of carbonyl (C=O) groups excluding carboxylic acids is 1. The second-order valence-electron chi connectivity index (χ2n) is 7.86. The molecule has 0 aliphatic carbocycles. The van der Waals surface area contributed by atoms with E-state index in [1.54, 1.807) is 31.5 Å². The molecule has 1 aromatic heterocycles. The number of nitrogens with zero attached hydrogens (tertiary/aromatic N) is 4. The van der Waals surface area contributed by atoms with Crippen LogP contribution >= 0.6 is 23.1 Å². The van der Waals surface area contributed by atoms with Gasteiger partial charge in [0.05, 0.1) is 16.6 Å². The van der Waals surface area contributed by atoms with Crippen molar-refractivity contribution in [1.29, 1.82) is 0 Å². The van der Waals surface area contributed by atoms with Crippen molar-refractivity contribution in [3.63, 3.8) is 0 Å². The highest BCUT2D eigenvalue weighted by molar-refractivity contribution is 9.10. The van der Waals surface area contributed by atoms with Crippen molar-refractivity contribution in [3.8, 4) is 0 Å². The number of nitrogens with one attached hydrogen (secondary N) is 1. The smallest absolute Gasteiger partial charge is 0.231 e. The van der Waals surface area contributed by atoms with Gasteiger partial charge in [-0.1, -0.05) is 12.1 Å². The van der Waals surface area contributed by atoms with E-state index in [0.717, 1.165) is 27.9 Å². The van der Waals surface area contributed by atoms with Crippen molar-refractivity contribution in [2.45, 2.75) is 6.42 Å². The van der Waals surface area contributed by atoms with Crippen LogP contribution in [0.3, 0.4) is 0 Å². The molecule has 1 amide bonds. The fourth-order valence-electron chi connectivity index (χ4n) is 3.56. The van der Waals surface area contributed by atoms with Crippen LogP contribution in [0.4, 0.5) is 28.8 Å². The van der Waals surface area contributed by atoms with Crippen molar-refractivity contribution < 1.29 is 9.36 Å². The average Bonchev–Trinajstić information content (AvgIpc) is 3.02. The first-order valence-electron chi connectivity index (χ1n) is 9.72. The molecule has 0 bridgehead atoms. The minimum absolute atomic E-state index is 0.0870. The molecular weight excluding hydrogens is 477 g/mol. The van der Waals surface area contributed by atoms with Crippen LogP contribution in [-0.2, 0) is 15.8 Å². The molecule has 7 nitrogen and oxygen atoms in total. The summed E-state index contributed by atoms with van der Waals surface area (Å²) >= 11 is 3.50. The standard InChI is InChI=1S/C22H23BrN5O2P/c1-27(15-9-10-18-14(11-15)12-20(29)28(18)2)22-24-13-16(23)21(26-22)25-17-7-5-6-8-19(17)31(3,4)30/h5-11,13H,12H2,1-4H3,(H,24,25,26). The monoisotopic (exact) mass is 499 g/mol. The van der Waals surface area contributed by atoms with Gasteiger partial charge in [-0.05, 0) is 65.2 Å². The van der Waals surface area contributed by atoms with E-state index < -0.39 is 7.14 Å². The highest BCUT2D eigenvalue weighted by Crippen LogP contribution is 2.39. The van der Waals surface area contributed by atoms with Crippen LogP contribution in [0.1, 0.15) is 5.56 Å². The second kappa shape index (κ2) is 8.09. The predicted octanol–water partition coefficient (Wildman–Crippen LogP) is 4.52. The highest BCUT2D eigenvalue weighted by Gasteiger charge is 2.25. The maximum atomic E-state index is 12.7. The van der Waals surface area contributed by atoms with Gasteiger partial charge < -0.3 is 19.7 Å². The molecule has 0 saturated heterocycles. The van der Waals surface area contributed by atoms with Crippen LogP contribution < -0.4 is 20.4 Å². The van der Waals surface area contributed by atoms with Crippen LogP contribution in [0.5, 0.6) is 0 Å². The van der Waals surface area contributed by atoms with E-state index >= 15 is 0 Å². The van der Waals surface area contributed by atoms with Crippen molar-refractivity contribution in [3.05, 3.63) is 58.7 Å². The molecular formula is C22H23BrN5O2P. The Morgan fingerprint density at radius 3 is 2.68 bits per heavy atom. The first-order chi connectivity index (χ1) is 14.6. The Bertz CT molecular complexity index is 1230. The molecule has 160 valence electrons. The van der Waals surface area contributed by atoms with Crippen LogP contribution in [0.15, 0.2) is 53.1 Å². The number of anilines is 5. The minimum atomic E-state index is -2.47. The number of fused-ring (bicyclic) bond motifs is 1. The average molecular weight is 500 g/mol. The van der Waals surface area contributed by atoms with Gasteiger partial charge >= 0.3 is 0 Å². The lowest BCUT2D eigenvalue weighted by atomic mass is 10.1. The van der Waals surface area contributed by atoms with Crippen molar-refractivity contribution in [2.75, 3.05) is 42.5 Å². The molecule has 3 aromatic rings. The van der Waals surface area contributed by atoms with E-state index in [9.17, 15) is 9.36 Å². The Morgan fingerprint density at radius 2 is 1.94 bits per heavy atom. The molecule has 9 heteroatoms. The molecule has 0 saturated carbocycles. The van der Waals surface area contributed by atoms with Gasteiger partial charge in [-0.2, -0.15) is 4.98 Å². The van der Waals surface area contributed by atoms with Gasteiger partial charge in [0.1, 0.15) is 13.0 Å². The number of rotatable bonds is 5. The molecule has 0 unspecified atom stereocenters. The lowest BCUT2D eigenvalue weighted by molar-refractivity contribution is -0.117. The number of carbonyl (C=O) groups is 1. The quantitative estimate of drug-likeness (QED) is 0.520. The van der Waals surface area contributed by atoms with E-state index in [4.69, 9.17) is 0 Å². The zero-order valence-electron chi connectivity index (χ0n) is 17.8. The normalized spacial score (nSPS) is 13.3. The van der Waals surface area contributed by atoms with Gasteiger partial charge in [-0.3, -0.25) is 4.79 Å². The third-order valence-corrected chi connectivity index (χ3v) is 7.43. The molecule has 1 aliphatic heterocycles. The summed E-state index contributed by atoms with van der Waals surface area (Å²) in [4.78, 5) is 24.7. The maximum Gasteiger partial charge on any atom is 0.231 e. The van der Waals surface area contributed by atoms with Crippen molar-refractivity contribution in [1.82, 2.24) is 9.97 Å². The Hall–Kier alpha value is -2.70. The molecule has 1 aliphatic rings. The largest absolute Gasteiger partial charge is 0.339 e. The summed E-state index contributed by atoms with van der Waals surface area (Å²) in [5, 5.41) is 4.07. The molecule has 0 atom stereocenters. The molecule has 2 heterocycles. The van der Waals surface area contributed by atoms with Crippen molar-refractivity contribution >= 4 is 63.1 Å². The summed E-state index contributed by atoms with van der Waals surface area (Å²) in [6, 6.07) is 13.4. The Morgan fingerprint density at radius 1 is 1.19 bits per heavy atom. The number of amides is 1. The molecule has 2 aromatic carbocycles. The minimum Gasteiger partial charge on any atom is -0.339 e. The van der Waals surface area contributed by atoms with Gasteiger partial charge in [0, 0.05) is 37.0 Å².